The number of amides is 3. The van der Waals surface area contributed by atoms with Gasteiger partial charge in [-0.05, 0) is 42.3 Å². The highest BCUT2D eigenvalue weighted by Crippen LogP contribution is 2.30. The van der Waals surface area contributed by atoms with Gasteiger partial charge in [-0.1, -0.05) is 30.7 Å². The fraction of sp³-hybridized carbons (Fsp3) is 0.375. The van der Waals surface area contributed by atoms with Crippen LogP contribution in [0.25, 0.3) is 0 Å². The van der Waals surface area contributed by atoms with E-state index in [1.54, 1.807) is 17.0 Å². The minimum Gasteiger partial charge on any atom is -0.336 e. The molecule has 2 aromatic carbocycles. The maximum absolute atomic E-state index is 13.0. The topological polar surface area (TPSA) is 73.0 Å². The van der Waals surface area contributed by atoms with Crippen molar-refractivity contribution >= 4 is 40.7 Å². The Hall–Kier alpha value is -2.90. The first-order chi connectivity index (χ1) is 15.5. The summed E-state index contributed by atoms with van der Waals surface area (Å²) in [4.78, 5) is 43.1. The number of nitrogens with zero attached hydrogens (tertiary/aromatic N) is 3. The predicted molar refractivity (Wildman–Crippen MR) is 125 cm³/mol. The smallest absolute Gasteiger partial charge is 0.253 e. The number of hydrogen-bond donors (Lipinski definition) is 1. The van der Waals surface area contributed by atoms with Crippen LogP contribution in [0.2, 0.25) is 5.02 Å². The van der Waals surface area contributed by atoms with Crippen LogP contribution in [-0.4, -0.2) is 66.8 Å². The van der Waals surface area contributed by atoms with Crippen molar-refractivity contribution in [1.29, 1.82) is 0 Å². The second-order valence-electron chi connectivity index (χ2n) is 8.09. The van der Waals surface area contributed by atoms with Gasteiger partial charge in [0.25, 0.3) is 5.91 Å². The number of carbonyl (C=O) groups excluding carboxylic acids is 3. The van der Waals surface area contributed by atoms with E-state index in [0.29, 0.717) is 55.4 Å². The number of hydrogen-bond acceptors (Lipinski definition) is 4. The van der Waals surface area contributed by atoms with Crippen LogP contribution < -0.4 is 10.2 Å². The largest absolute Gasteiger partial charge is 0.336 e. The van der Waals surface area contributed by atoms with Crippen molar-refractivity contribution in [2.75, 3.05) is 49.5 Å². The van der Waals surface area contributed by atoms with E-state index in [1.165, 1.54) is 0 Å². The molecule has 0 saturated carbocycles. The third-order valence-corrected chi connectivity index (χ3v) is 6.33. The van der Waals surface area contributed by atoms with Crippen LogP contribution in [-0.2, 0) is 16.0 Å². The van der Waals surface area contributed by atoms with E-state index in [2.05, 4.69) is 5.32 Å². The summed E-state index contributed by atoms with van der Waals surface area (Å²) >= 11 is 6.10. The molecule has 0 spiro atoms. The van der Waals surface area contributed by atoms with Crippen molar-refractivity contribution in [2.24, 2.45) is 0 Å². The second kappa shape index (κ2) is 9.71. The van der Waals surface area contributed by atoms with Gasteiger partial charge in [-0.3, -0.25) is 19.3 Å². The van der Waals surface area contributed by atoms with Crippen LogP contribution in [0.4, 0.5) is 11.4 Å². The van der Waals surface area contributed by atoms with Crippen molar-refractivity contribution in [2.45, 2.75) is 19.8 Å². The molecule has 1 fully saturated rings. The fourth-order valence-electron chi connectivity index (χ4n) is 4.23. The Morgan fingerprint density at radius 1 is 1.00 bits per heavy atom. The summed E-state index contributed by atoms with van der Waals surface area (Å²) < 4.78 is 0. The van der Waals surface area contributed by atoms with E-state index >= 15 is 0 Å². The highest BCUT2D eigenvalue weighted by Gasteiger charge is 2.27. The molecule has 8 heteroatoms. The summed E-state index contributed by atoms with van der Waals surface area (Å²) in [6.45, 7) is 5.18. The zero-order valence-corrected chi connectivity index (χ0v) is 18.9. The molecule has 1 saturated heterocycles. The summed E-state index contributed by atoms with van der Waals surface area (Å²) in [5.41, 5.74) is 3.22. The lowest BCUT2D eigenvalue weighted by molar-refractivity contribution is -0.118. The lowest BCUT2D eigenvalue weighted by atomic mass is 10.1. The summed E-state index contributed by atoms with van der Waals surface area (Å²) in [6.07, 6.45) is 1.25. The Balaban J connectivity index is 1.31. The van der Waals surface area contributed by atoms with Crippen molar-refractivity contribution in [3.8, 4) is 0 Å². The van der Waals surface area contributed by atoms with Gasteiger partial charge < -0.3 is 15.1 Å². The average Bonchev–Trinajstić information content (AvgIpc) is 3.23. The summed E-state index contributed by atoms with van der Waals surface area (Å²) in [5.74, 6) is -0.0200. The number of halogens is 1. The van der Waals surface area contributed by atoms with Gasteiger partial charge in [0.2, 0.25) is 11.8 Å². The first kappa shape index (κ1) is 22.3. The monoisotopic (exact) mass is 454 g/mol. The molecule has 2 heterocycles. The van der Waals surface area contributed by atoms with Crippen LogP contribution >= 0.6 is 11.6 Å². The van der Waals surface area contributed by atoms with Crippen molar-refractivity contribution in [3.63, 3.8) is 0 Å². The third kappa shape index (κ3) is 4.79. The SMILES string of the molecule is CCC(=O)N1CCc2cc(C(=O)N3CCN(CC(=O)Nc4ccccc4Cl)CC3)ccc21. The Morgan fingerprint density at radius 2 is 1.75 bits per heavy atom. The minimum atomic E-state index is -0.123. The van der Waals surface area contributed by atoms with Gasteiger partial charge in [0.05, 0.1) is 17.3 Å². The number of fused-ring (bicyclic) bond motifs is 1. The van der Waals surface area contributed by atoms with Gasteiger partial charge in [0.15, 0.2) is 0 Å². The van der Waals surface area contributed by atoms with Gasteiger partial charge in [0.1, 0.15) is 0 Å². The first-order valence-corrected chi connectivity index (χ1v) is 11.3. The van der Waals surface area contributed by atoms with Crippen molar-refractivity contribution < 1.29 is 14.4 Å². The number of piperazine rings is 1. The third-order valence-electron chi connectivity index (χ3n) is 6.00. The molecule has 0 aromatic heterocycles. The summed E-state index contributed by atoms with van der Waals surface area (Å²) in [7, 11) is 0. The zero-order chi connectivity index (χ0) is 22.7. The van der Waals surface area contributed by atoms with Crippen LogP contribution in [0.1, 0.15) is 29.3 Å². The van der Waals surface area contributed by atoms with Crippen LogP contribution in [0, 0.1) is 0 Å². The molecule has 0 atom stereocenters. The van der Waals surface area contributed by atoms with E-state index in [4.69, 9.17) is 11.6 Å². The Morgan fingerprint density at radius 3 is 2.47 bits per heavy atom. The quantitative estimate of drug-likeness (QED) is 0.753. The fourth-order valence-corrected chi connectivity index (χ4v) is 4.41. The molecule has 3 amide bonds. The molecular formula is C24H27ClN4O3. The molecule has 0 aliphatic carbocycles. The zero-order valence-electron chi connectivity index (χ0n) is 18.1. The number of para-hydroxylation sites is 1. The van der Waals surface area contributed by atoms with E-state index in [9.17, 15) is 14.4 Å². The number of nitrogens with one attached hydrogen (secondary N) is 1. The lowest BCUT2D eigenvalue weighted by Gasteiger charge is -2.34. The highest BCUT2D eigenvalue weighted by molar-refractivity contribution is 6.33. The Labute approximate surface area is 192 Å². The number of anilines is 2. The molecule has 0 radical (unpaired) electrons. The normalized spacial score (nSPS) is 16.1. The molecule has 7 nitrogen and oxygen atoms in total. The molecule has 32 heavy (non-hydrogen) atoms. The average molecular weight is 455 g/mol. The molecule has 0 unspecified atom stereocenters. The lowest BCUT2D eigenvalue weighted by Crippen LogP contribution is -2.50. The molecule has 1 N–H and O–H groups in total. The standard InChI is InChI=1S/C24H27ClN4O3/c1-2-23(31)29-10-9-17-15-18(7-8-21(17)29)24(32)28-13-11-27(12-14-28)16-22(30)26-20-6-4-3-5-19(20)25/h3-8,15H,2,9-14,16H2,1H3,(H,26,30). The molecular weight excluding hydrogens is 428 g/mol. The maximum atomic E-state index is 13.0. The van der Waals surface area contributed by atoms with Crippen LogP contribution in [0.5, 0.6) is 0 Å². The van der Waals surface area contributed by atoms with Gasteiger partial charge >= 0.3 is 0 Å². The van der Waals surface area contributed by atoms with Crippen molar-refractivity contribution in [3.05, 3.63) is 58.6 Å². The number of carbonyl (C=O) groups is 3. The van der Waals surface area contributed by atoms with Crippen LogP contribution in [0.3, 0.4) is 0 Å². The molecule has 0 bridgehead atoms. The highest BCUT2D eigenvalue weighted by atomic mass is 35.5. The number of benzene rings is 2. The molecule has 2 aliphatic heterocycles. The van der Waals surface area contributed by atoms with Gasteiger partial charge in [-0.15, -0.1) is 0 Å². The second-order valence-corrected chi connectivity index (χ2v) is 8.50. The maximum Gasteiger partial charge on any atom is 0.253 e. The summed E-state index contributed by atoms with van der Waals surface area (Å²) in [5, 5.41) is 3.34. The van der Waals surface area contributed by atoms with Gasteiger partial charge in [-0.25, -0.2) is 0 Å². The van der Waals surface area contributed by atoms with Gasteiger partial charge in [0, 0.05) is 50.4 Å². The Bertz CT molecular complexity index is 1030. The molecule has 2 aromatic rings. The first-order valence-electron chi connectivity index (χ1n) is 11.0. The summed E-state index contributed by atoms with van der Waals surface area (Å²) in [6, 6.07) is 12.8. The minimum absolute atomic E-state index is 0.00626. The molecule has 168 valence electrons. The van der Waals surface area contributed by atoms with E-state index in [1.807, 2.05) is 47.1 Å². The van der Waals surface area contributed by atoms with Gasteiger partial charge in [-0.2, -0.15) is 0 Å². The van der Waals surface area contributed by atoms with E-state index < -0.39 is 0 Å². The molecule has 4 rings (SSSR count). The predicted octanol–water partition coefficient (Wildman–Crippen LogP) is 3.04. The van der Waals surface area contributed by atoms with Crippen molar-refractivity contribution in [1.82, 2.24) is 9.80 Å². The molecule has 2 aliphatic rings. The Kier molecular flexibility index (Phi) is 6.77. The van der Waals surface area contributed by atoms with E-state index in [-0.39, 0.29) is 24.3 Å². The number of rotatable bonds is 5. The van der Waals surface area contributed by atoms with Crippen LogP contribution in [0.15, 0.2) is 42.5 Å². The van der Waals surface area contributed by atoms with E-state index in [0.717, 1.165) is 17.7 Å².